The molecule has 1 aliphatic rings. The van der Waals surface area contributed by atoms with Crippen LogP contribution in [-0.2, 0) is 4.74 Å². The highest BCUT2D eigenvalue weighted by Crippen LogP contribution is 2.31. The maximum atomic E-state index is 13.1. The highest BCUT2D eigenvalue weighted by atomic mass is 19.4. The smallest absolute Gasteiger partial charge is 0.366 e. The van der Waals surface area contributed by atoms with E-state index in [1.165, 1.54) is 0 Å². The first-order chi connectivity index (χ1) is 7.63. The van der Waals surface area contributed by atoms with E-state index in [1.54, 1.807) is 0 Å². The van der Waals surface area contributed by atoms with Gasteiger partial charge in [0.2, 0.25) is 0 Å². The molecule has 100 valence electrons. The van der Waals surface area contributed by atoms with E-state index < -0.39 is 50.2 Å². The zero-order valence-corrected chi connectivity index (χ0v) is 8.28. The molecule has 17 heavy (non-hydrogen) atoms. The quantitative estimate of drug-likeness (QED) is 0.563. The molecule has 0 aromatic heterocycles. The lowest BCUT2D eigenvalue weighted by atomic mass is 10.2. The third-order valence-corrected chi connectivity index (χ3v) is 2.14. The van der Waals surface area contributed by atoms with Gasteiger partial charge in [-0.3, -0.25) is 0 Å². The minimum atomic E-state index is -4.80. The van der Waals surface area contributed by atoms with Gasteiger partial charge in [0, 0.05) is 13.1 Å². The molecule has 0 aromatic rings. The van der Waals surface area contributed by atoms with Crippen LogP contribution in [0.15, 0.2) is 12.2 Å². The van der Waals surface area contributed by atoms with Gasteiger partial charge in [-0.05, 0) is 0 Å². The molecule has 0 aliphatic carbocycles. The van der Waals surface area contributed by atoms with Crippen molar-refractivity contribution in [1.29, 1.82) is 0 Å². The lowest BCUT2D eigenvalue weighted by molar-refractivity contribution is -0.257. The summed E-state index contributed by atoms with van der Waals surface area (Å²) in [5, 5.41) is 0. The van der Waals surface area contributed by atoms with Gasteiger partial charge in [-0.25, -0.2) is 4.90 Å². The Morgan fingerprint density at radius 3 is 2.24 bits per heavy atom. The van der Waals surface area contributed by atoms with Crippen molar-refractivity contribution in [2.45, 2.75) is 18.3 Å². The Balaban J connectivity index is 2.76. The van der Waals surface area contributed by atoms with Crippen molar-refractivity contribution in [3.05, 3.63) is 12.2 Å². The Hall–Kier alpha value is -0.830. The number of rotatable bonds is 2. The molecular formula is C8H8F7NO. The molecule has 0 spiro atoms. The predicted octanol–water partition coefficient (Wildman–Crippen LogP) is 2.62. The van der Waals surface area contributed by atoms with Gasteiger partial charge >= 0.3 is 12.2 Å². The summed E-state index contributed by atoms with van der Waals surface area (Å²) in [5.41, 5.74) is 0. The Morgan fingerprint density at radius 1 is 1.18 bits per heavy atom. The van der Waals surface area contributed by atoms with Crippen molar-refractivity contribution in [2.75, 3.05) is 19.7 Å². The van der Waals surface area contributed by atoms with Gasteiger partial charge in [-0.2, -0.15) is 30.7 Å². The van der Waals surface area contributed by atoms with E-state index >= 15 is 0 Å². The van der Waals surface area contributed by atoms with Crippen molar-refractivity contribution in [2.24, 2.45) is 0 Å². The lowest BCUT2D eigenvalue weighted by Gasteiger charge is -2.36. The van der Waals surface area contributed by atoms with Crippen LogP contribution in [0.3, 0.4) is 0 Å². The van der Waals surface area contributed by atoms with Crippen LogP contribution in [0.2, 0.25) is 0 Å². The molecular weight excluding hydrogens is 259 g/mol. The molecule has 1 heterocycles. The maximum Gasteiger partial charge on any atom is 0.415 e. The zero-order chi connectivity index (χ0) is 13.3. The topological polar surface area (TPSA) is 12.5 Å². The first-order valence-electron chi connectivity index (χ1n) is 4.48. The first-order valence-corrected chi connectivity index (χ1v) is 4.48. The van der Waals surface area contributed by atoms with E-state index in [4.69, 9.17) is 0 Å². The second-order valence-electron chi connectivity index (χ2n) is 3.37. The Morgan fingerprint density at radius 2 is 1.76 bits per heavy atom. The second-order valence-corrected chi connectivity index (χ2v) is 3.37. The highest BCUT2D eigenvalue weighted by molar-refractivity contribution is 4.96. The molecule has 1 fully saturated rings. The number of ether oxygens (including phenoxy) is 1. The van der Waals surface area contributed by atoms with Gasteiger partial charge in [-0.1, -0.05) is 0 Å². The third kappa shape index (κ3) is 3.84. The molecule has 0 N–H and O–H groups in total. The zero-order valence-electron chi connectivity index (χ0n) is 8.28. The molecule has 1 unspecified atom stereocenters. The molecule has 2 nitrogen and oxygen atoms in total. The summed E-state index contributed by atoms with van der Waals surface area (Å²) in [7, 11) is 0. The molecule has 0 saturated carbocycles. The van der Waals surface area contributed by atoms with Gasteiger partial charge in [-0.15, -0.1) is 0 Å². The third-order valence-electron chi connectivity index (χ3n) is 2.14. The fraction of sp³-hybridized carbons (Fsp3) is 0.750. The maximum absolute atomic E-state index is 13.1. The Labute approximate surface area is 91.6 Å². The van der Waals surface area contributed by atoms with E-state index in [1.807, 2.05) is 0 Å². The average molecular weight is 267 g/mol. The van der Waals surface area contributed by atoms with Crippen molar-refractivity contribution < 1.29 is 35.5 Å². The Kier molecular flexibility index (Phi) is 4.03. The summed E-state index contributed by atoms with van der Waals surface area (Å²) in [6.45, 7) is -2.33. The van der Waals surface area contributed by atoms with Gasteiger partial charge in [0.1, 0.15) is 0 Å². The molecule has 0 aromatic carbocycles. The largest absolute Gasteiger partial charge is 0.415 e. The predicted molar refractivity (Wildman–Crippen MR) is 42.6 cm³/mol. The first kappa shape index (κ1) is 14.2. The molecule has 1 saturated heterocycles. The Bertz CT molecular complexity index is 297. The standard InChI is InChI=1S/C8H8F7NO/c9-6(10)3-7(11,12)16-1-2-17-5(4-16)8(13,14)15/h3,5H,1-2,4H2. The summed E-state index contributed by atoms with van der Waals surface area (Å²) in [5.74, 6) is 0. The molecule has 0 bridgehead atoms. The summed E-state index contributed by atoms with van der Waals surface area (Å²) in [6.07, 6.45) is -10.5. The van der Waals surface area contributed by atoms with Crippen LogP contribution in [0.5, 0.6) is 0 Å². The average Bonchev–Trinajstić information content (AvgIpc) is 2.14. The van der Waals surface area contributed by atoms with Crippen molar-refractivity contribution >= 4 is 0 Å². The van der Waals surface area contributed by atoms with Crippen LogP contribution in [0.4, 0.5) is 30.7 Å². The van der Waals surface area contributed by atoms with Crippen LogP contribution < -0.4 is 0 Å². The van der Waals surface area contributed by atoms with Gasteiger partial charge in [0.05, 0.1) is 12.7 Å². The summed E-state index contributed by atoms with van der Waals surface area (Å²) >= 11 is 0. The van der Waals surface area contributed by atoms with Gasteiger partial charge in [0.25, 0.3) is 6.08 Å². The fourth-order valence-electron chi connectivity index (χ4n) is 1.34. The van der Waals surface area contributed by atoms with Gasteiger partial charge < -0.3 is 4.74 Å². The van der Waals surface area contributed by atoms with E-state index in [0.29, 0.717) is 0 Å². The van der Waals surface area contributed by atoms with Gasteiger partial charge in [0.15, 0.2) is 6.10 Å². The van der Waals surface area contributed by atoms with Crippen molar-refractivity contribution in [1.82, 2.24) is 4.90 Å². The van der Waals surface area contributed by atoms with E-state index in [-0.39, 0.29) is 4.90 Å². The van der Waals surface area contributed by atoms with E-state index in [0.717, 1.165) is 0 Å². The highest BCUT2D eigenvalue weighted by Gasteiger charge is 2.48. The molecule has 1 rings (SSSR count). The SMILES string of the molecule is FC(F)=CC(F)(F)N1CCOC(C(F)(F)F)C1. The number of halogens is 7. The second kappa shape index (κ2) is 4.81. The monoisotopic (exact) mass is 267 g/mol. The van der Waals surface area contributed by atoms with Crippen LogP contribution in [-0.4, -0.2) is 42.9 Å². The molecule has 9 heteroatoms. The number of hydrogen-bond donors (Lipinski definition) is 0. The van der Waals surface area contributed by atoms with Crippen LogP contribution in [0, 0.1) is 0 Å². The van der Waals surface area contributed by atoms with Crippen molar-refractivity contribution in [3.63, 3.8) is 0 Å². The minimum Gasteiger partial charge on any atom is -0.366 e. The van der Waals surface area contributed by atoms with E-state index in [2.05, 4.69) is 4.74 Å². The summed E-state index contributed by atoms with van der Waals surface area (Å²) in [4.78, 5) is 0.00775. The summed E-state index contributed by atoms with van der Waals surface area (Å²) in [6, 6.07) is -4.12. The number of morpholine rings is 1. The number of nitrogens with zero attached hydrogens (tertiary/aromatic N) is 1. The van der Waals surface area contributed by atoms with Crippen LogP contribution in [0.25, 0.3) is 0 Å². The fourth-order valence-corrected chi connectivity index (χ4v) is 1.34. The number of alkyl halides is 5. The van der Waals surface area contributed by atoms with Crippen molar-refractivity contribution in [3.8, 4) is 0 Å². The molecule has 0 amide bonds. The molecule has 1 atom stereocenters. The molecule has 1 aliphatic heterocycles. The summed E-state index contributed by atoms with van der Waals surface area (Å²) < 4.78 is 90.5. The van der Waals surface area contributed by atoms with E-state index in [9.17, 15) is 30.7 Å². The van der Waals surface area contributed by atoms with Crippen LogP contribution >= 0.6 is 0 Å². The normalized spacial score (nSPS) is 23.6. The molecule has 0 radical (unpaired) electrons. The lowest BCUT2D eigenvalue weighted by Crippen LogP contribution is -2.54. The minimum absolute atomic E-state index is 0.00775. The number of hydrogen-bond acceptors (Lipinski definition) is 2. The van der Waals surface area contributed by atoms with Crippen LogP contribution in [0.1, 0.15) is 0 Å².